The zero-order valence-corrected chi connectivity index (χ0v) is 22.5. The summed E-state index contributed by atoms with van der Waals surface area (Å²) >= 11 is 1.44. The Balaban J connectivity index is 1.55. The highest BCUT2D eigenvalue weighted by molar-refractivity contribution is 8.18. The van der Waals surface area contributed by atoms with E-state index in [4.69, 9.17) is 4.99 Å². The molecule has 1 fully saturated rings. The summed E-state index contributed by atoms with van der Waals surface area (Å²) in [5.74, 6) is -0.0153. The summed E-state index contributed by atoms with van der Waals surface area (Å²) in [5, 5.41) is 0.701. The van der Waals surface area contributed by atoms with Gasteiger partial charge < -0.3 is 4.57 Å². The van der Waals surface area contributed by atoms with E-state index >= 15 is 0 Å². The van der Waals surface area contributed by atoms with E-state index in [1.165, 1.54) is 28.6 Å². The summed E-state index contributed by atoms with van der Waals surface area (Å²) in [6.07, 6.45) is 2.99. The van der Waals surface area contributed by atoms with Crippen LogP contribution in [0.25, 0.3) is 11.8 Å². The predicted octanol–water partition coefficient (Wildman–Crippen LogP) is 7.77. The molecule has 186 valence electrons. The van der Waals surface area contributed by atoms with Crippen LogP contribution in [0, 0.1) is 20.8 Å². The lowest BCUT2D eigenvalue weighted by atomic mass is 10.1. The van der Waals surface area contributed by atoms with Gasteiger partial charge in [-0.25, -0.2) is 4.99 Å². The van der Waals surface area contributed by atoms with Crippen molar-refractivity contribution in [1.82, 2.24) is 9.47 Å². The molecule has 0 radical (unpaired) electrons. The van der Waals surface area contributed by atoms with Crippen LogP contribution in [-0.4, -0.2) is 20.5 Å². The van der Waals surface area contributed by atoms with E-state index in [0.29, 0.717) is 16.6 Å². The molecule has 1 saturated heterocycles. The smallest absolute Gasteiger partial charge is 0.267 e. The maximum Gasteiger partial charge on any atom is 0.267 e. The number of para-hydroxylation sites is 2. The van der Waals surface area contributed by atoms with Gasteiger partial charge in [-0.1, -0.05) is 73.7 Å². The quantitative estimate of drug-likeness (QED) is 0.251. The van der Waals surface area contributed by atoms with Crippen molar-refractivity contribution >= 4 is 34.6 Å². The fraction of sp³-hybridized carbons (Fsp3) is 0.188. The SMILES string of the molecule is CCc1cccc(C)c1-n1c(C)cc(/C=C2\SC(=Nc3ccccc3)N(Cc3ccccc3)C2=O)c1C. The molecule has 0 atom stereocenters. The molecular formula is C32H31N3OS. The van der Waals surface area contributed by atoms with E-state index < -0.39 is 0 Å². The van der Waals surface area contributed by atoms with E-state index in [9.17, 15) is 4.79 Å². The number of nitrogens with zero attached hydrogens (tertiary/aromatic N) is 3. The van der Waals surface area contributed by atoms with Gasteiger partial charge in [-0.3, -0.25) is 9.69 Å². The Kier molecular flexibility index (Phi) is 7.15. The lowest BCUT2D eigenvalue weighted by Crippen LogP contribution is -2.28. The molecule has 1 aliphatic heterocycles. The first-order valence-corrected chi connectivity index (χ1v) is 13.4. The van der Waals surface area contributed by atoms with Gasteiger partial charge in [-0.15, -0.1) is 0 Å². The third-order valence-electron chi connectivity index (χ3n) is 6.74. The van der Waals surface area contributed by atoms with Gasteiger partial charge in [-0.2, -0.15) is 0 Å². The Morgan fingerprint density at radius 1 is 0.892 bits per heavy atom. The number of amides is 1. The molecule has 0 saturated carbocycles. The van der Waals surface area contributed by atoms with E-state index in [1.54, 1.807) is 4.90 Å². The molecular weight excluding hydrogens is 474 g/mol. The fourth-order valence-corrected chi connectivity index (χ4v) is 5.84. The molecule has 4 nitrogen and oxygen atoms in total. The van der Waals surface area contributed by atoms with Gasteiger partial charge in [0.05, 0.1) is 22.8 Å². The van der Waals surface area contributed by atoms with E-state index in [2.05, 4.69) is 56.5 Å². The average Bonchev–Trinajstić information content (AvgIpc) is 3.34. The van der Waals surface area contributed by atoms with E-state index in [-0.39, 0.29) is 5.91 Å². The van der Waals surface area contributed by atoms with Crippen molar-refractivity contribution < 1.29 is 4.79 Å². The van der Waals surface area contributed by atoms with Crippen LogP contribution in [0.2, 0.25) is 0 Å². The van der Waals surface area contributed by atoms with E-state index in [0.717, 1.165) is 34.6 Å². The van der Waals surface area contributed by atoms with Crippen molar-refractivity contribution in [2.24, 2.45) is 4.99 Å². The summed E-state index contributed by atoms with van der Waals surface area (Å²) in [6.45, 7) is 9.11. The summed E-state index contributed by atoms with van der Waals surface area (Å²) in [4.78, 5) is 21.0. The molecule has 5 heteroatoms. The molecule has 1 amide bonds. The molecule has 1 aromatic heterocycles. The average molecular weight is 506 g/mol. The van der Waals surface area contributed by atoms with Gasteiger partial charge in [0.2, 0.25) is 0 Å². The summed E-state index contributed by atoms with van der Waals surface area (Å²) in [7, 11) is 0. The van der Waals surface area contributed by atoms with Crippen LogP contribution in [0.3, 0.4) is 0 Å². The number of aromatic nitrogens is 1. The van der Waals surface area contributed by atoms with Gasteiger partial charge in [0.1, 0.15) is 0 Å². The van der Waals surface area contributed by atoms with Crippen LogP contribution in [0.5, 0.6) is 0 Å². The molecule has 0 N–H and O–H groups in total. The highest BCUT2D eigenvalue weighted by Gasteiger charge is 2.34. The van der Waals surface area contributed by atoms with Crippen LogP contribution >= 0.6 is 11.8 Å². The molecule has 2 heterocycles. The molecule has 4 aromatic rings. The van der Waals surface area contributed by atoms with Crippen LogP contribution in [0.1, 0.15) is 40.6 Å². The Labute approximate surface area is 223 Å². The first-order valence-electron chi connectivity index (χ1n) is 12.6. The zero-order chi connectivity index (χ0) is 25.9. The number of rotatable bonds is 6. The lowest BCUT2D eigenvalue weighted by Gasteiger charge is -2.17. The number of benzene rings is 3. The number of carbonyl (C=O) groups excluding carboxylic acids is 1. The monoisotopic (exact) mass is 505 g/mol. The van der Waals surface area contributed by atoms with Crippen molar-refractivity contribution in [3.05, 3.63) is 123 Å². The Hall–Kier alpha value is -3.83. The maximum absolute atomic E-state index is 13.7. The number of aliphatic imine (C=N–C) groups is 1. The minimum absolute atomic E-state index is 0.0153. The van der Waals surface area contributed by atoms with Crippen molar-refractivity contribution in [2.75, 3.05) is 0 Å². The third-order valence-corrected chi connectivity index (χ3v) is 7.74. The van der Waals surface area contributed by atoms with E-state index in [1.807, 2.05) is 66.7 Å². The molecule has 3 aromatic carbocycles. The normalized spacial score (nSPS) is 15.8. The van der Waals surface area contributed by atoms with Crippen molar-refractivity contribution in [2.45, 2.75) is 40.7 Å². The largest absolute Gasteiger partial charge is 0.317 e. The Bertz CT molecular complexity index is 1500. The second-order valence-electron chi connectivity index (χ2n) is 9.32. The number of thioether (sulfide) groups is 1. The molecule has 0 unspecified atom stereocenters. The fourth-order valence-electron chi connectivity index (χ4n) is 4.85. The van der Waals surface area contributed by atoms with Crippen molar-refractivity contribution in [1.29, 1.82) is 0 Å². The minimum Gasteiger partial charge on any atom is -0.317 e. The van der Waals surface area contributed by atoms with Crippen LogP contribution in [0.4, 0.5) is 5.69 Å². The Morgan fingerprint density at radius 3 is 2.30 bits per heavy atom. The molecule has 37 heavy (non-hydrogen) atoms. The van der Waals surface area contributed by atoms with Crippen LogP contribution in [-0.2, 0) is 17.8 Å². The second-order valence-corrected chi connectivity index (χ2v) is 10.3. The predicted molar refractivity (Wildman–Crippen MR) is 155 cm³/mol. The molecule has 5 rings (SSSR count). The zero-order valence-electron chi connectivity index (χ0n) is 21.7. The molecule has 0 aliphatic carbocycles. The maximum atomic E-state index is 13.7. The summed E-state index contributed by atoms with van der Waals surface area (Å²) in [5.41, 5.74) is 9.06. The first kappa shape index (κ1) is 24.8. The highest BCUT2D eigenvalue weighted by Crippen LogP contribution is 2.36. The van der Waals surface area contributed by atoms with Crippen LogP contribution in [0.15, 0.2) is 94.8 Å². The summed E-state index contributed by atoms with van der Waals surface area (Å²) < 4.78 is 2.32. The Morgan fingerprint density at radius 2 is 1.59 bits per heavy atom. The second kappa shape index (κ2) is 10.7. The van der Waals surface area contributed by atoms with Gasteiger partial charge in [0.15, 0.2) is 5.17 Å². The standard InChI is InChI=1S/C32H31N3OS/c1-5-26-16-12-13-22(2)30(26)35-23(3)19-27(24(35)4)20-29-31(36)34(21-25-14-8-6-9-15-25)32(37-29)33-28-17-10-7-11-18-28/h6-20H,5,21H2,1-4H3/b29-20-,33-32?. The van der Waals surface area contributed by atoms with Gasteiger partial charge >= 0.3 is 0 Å². The number of amidine groups is 1. The molecule has 1 aliphatic rings. The minimum atomic E-state index is -0.0153. The van der Waals surface area contributed by atoms with Gasteiger partial charge in [0.25, 0.3) is 5.91 Å². The number of hydrogen-bond acceptors (Lipinski definition) is 3. The lowest BCUT2D eigenvalue weighted by molar-refractivity contribution is -0.122. The van der Waals surface area contributed by atoms with Crippen molar-refractivity contribution in [3.63, 3.8) is 0 Å². The summed E-state index contributed by atoms with van der Waals surface area (Å²) in [6, 6.07) is 28.5. The number of aryl methyl sites for hydroxylation is 3. The van der Waals surface area contributed by atoms with Crippen LogP contribution < -0.4 is 0 Å². The number of carbonyl (C=O) groups is 1. The molecule has 0 spiro atoms. The first-order chi connectivity index (χ1) is 18.0. The topological polar surface area (TPSA) is 37.6 Å². The van der Waals surface area contributed by atoms with Gasteiger partial charge in [-0.05, 0) is 85.5 Å². The van der Waals surface area contributed by atoms with Gasteiger partial charge in [0, 0.05) is 11.4 Å². The molecule has 0 bridgehead atoms. The highest BCUT2D eigenvalue weighted by atomic mass is 32.2. The third kappa shape index (κ3) is 5.05. The van der Waals surface area contributed by atoms with Crippen molar-refractivity contribution in [3.8, 4) is 5.69 Å². The number of hydrogen-bond donors (Lipinski definition) is 0.